The van der Waals surface area contributed by atoms with Gasteiger partial charge in [0, 0.05) is 60.5 Å². The van der Waals surface area contributed by atoms with E-state index in [0.29, 0.717) is 75.2 Å². The Morgan fingerprint density at radius 3 is 1.22 bits per heavy atom. The number of likely N-dealkylation sites (tertiary alicyclic amines) is 2. The molecule has 4 aromatic rings. The van der Waals surface area contributed by atoms with Gasteiger partial charge >= 0.3 is 24.3 Å². The van der Waals surface area contributed by atoms with Gasteiger partial charge in [-0.05, 0) is 103 Å². The Morgan fingerprint density at radius 1 is 0.556 bits per heavy atom. The first-order valence-corrected chi connectivity index (χ1v) is 23.9. The van der Waals surface area contributed by atoms with Crippen molar-refractivity contribution in [1.29, 1.82) is 0 Å². The van der Waals surface area contributed by atoms with Crippen LogP contribution in [0.25, 0.3) is 0 Å². The second-order valence-corrected chi connectivity index (χ2v) is 19.6. The number of nitrogens with one attached hydrogen (secondary N) is 1. The zero-order valence-electron chi connectivity index (χ0n) is 41.7. The minimum atomic E-state index is -5.07. The SMILES string of the molecule is CC(C)(C)OC(=O)N1CCC(C(=O)N(Cc2ccc(C(=O)CN)cc2)c2ccccc2)CC1.CC(C)(C)OC(=O)N1CCC(C(=O)N(Cc2ccc(C(=O)CNC(=O)C(F)(F)F)cc2)c2ccccc2)CC1. The van der Waals surface area contributed by atoms with Gasteiger partial charge in [0.1, 0.15) is 11.2 Å². The fourth-order valence-corrected chi connectivity index (χ4v) is 7.96. The topological polar surface area (TPSA) is 189 Å². The van der Waals surface area contributed by atoms with Gasteiger partial charge in [0.2, 0.25) is 11.8 Å². The molecule has 5 amide bonds. The predicted octanol–water partition coefficient (Wildman–Crippen LogP) is 8.74. The predicted molar refractivity (Wildman–Crippen MR) is 266 cm³/mol. The summed E-state index contributed by atoms with van der Waals surface area (Å²) in [6.45, 7) is 12.5. The van der Waals surface area contributed by atoms with Crippen molar-refractivity contribution in [3.05, 3.63) is 131 Å². The van der Waals surface area contributed by atoms with Gasteiger partial charge in [-0.1, -0.05) is 84.9 Å². The van der Waals surface area contributed by atoms with E-state index >= 15 is 0 Å². The van der Waals surface area contributed by atoms with Gasteiger partial charge in [-0.25, -0.2) is 9.59 Å². The number of Topliss-reactive ketones (excluding diaryl/α,β-unsaturated/α-hetero) is 2. The van der Waals surface area contributed by atoms with Gasteiger partial charge in [0.15, 0.2) is 11.6 Å². The van der Waals surface area contributed by atoms with Crippen LogP contribution >= 0.6 is 0 Å². The summed E-state index contributed by atoms with van der Waals surface area (Å²) in [5.41, 5.74) is 8.12. The minimum absolute atomic E-state index is 0.0318. The highest BCUT2D eigenvalue weighted by Gasteiger charge is 2.39. The molecular formula is C54H65F3N6O9. The lowest BCUT2D eigenvalue weighted by Crippen LogP contribution is -2.45. The molecule has 0 atom stereocenters. The number of nitrogens with two attached hydrogens (primary N) is 1. The average molecular weight is 999 g/mol. The number of nitrogens with zero attached hydrogens (tertiary/aromatic N) is 4. The molecule has 0 aliphatic carbocycles. The summed E-state index contributed by atoms with van der Waals surface area (Å²) in [5, 5.41) is 1.56. The molecule has 2 aliphatic rings. The Morgan fingerprint density at radius 2 is 0.903 bits per heavy atom. The molecule has 6 rings (SSSR count). The number of halogens is 3. The Hall–Kier alpha value is -7.08. The summed E-state index contributed by atoms with van der Waals surface area (Å²) in [6.07, 6.45) is -3.65. The van der Waals surface area contributed by atoms with Crippen LogP contribution in [0, 0.1) is 11.8 Å². The molecule has 18 heteroatoms. The van der Waals surface area contributed by atoms with Crippen molar-refractivity contribution in [3.8, 4) is 0 Å². The van der Waals surface area contributed by atoms with E-state index in [2.05, 4.69) is 0 Å². The maximum atomic E-state index is 13.6. The third-order valence-electron chi connectivity index (χ3n) is 11.7. The fourth-order valence-electron chi connectivity index (χ4n) is 7.96. The molecule has 15 nitrogen and oxygen atoms in total. The second kappa shape index (κ2) is 24.8. The van der Waals surface area contributed by atoms with Gasteiger partial charge < -0.3 is 40.1 Å². The summed E-state index contributed by atoms with van der Waals surface area (Å²) in [6, 6.07) is 32.0. The van der Waals surface area contributed by atoms with Crippen molar-refractivity contribution < 1.29 is 56.2 Å². The van der Waals surface area contributed by atoms with Crippen LogP contribution in [0.15, 0.2) is 109 Å². The van der Waals surface area contributed by atoms with Gasteiger partial charge in [-0.2, -0.15) is 13.2 Å². The lowest BCUT2D eigenvalue weighted by molar-refractivity contribution is -0.173. The van der Waals surface area contributed by atoms with Crippen LogP contribution in [0.3, 0.4) is 0 Å². The highest BCUT2D eigenvalue weighted by atomic mass is 19.4. The Kier molecular flexibility index (Phi) is 19.3. The van der Waals surface area contributed by atoms with Gasteiger partial charge in [0.05, 0.1) is 26.2 Å². The number of benzene rings is 4. The van der Waals surface area contributed by atoms with E-state index < -0.39 is 41.7 Å². The van der Waals surface area contributed by atoms with Crippen molar-refractivity contribution in [3.63, 3.8) is 0 Å². The molecule has 2 aliphatic heterocycles. The summed E-state index contributed by atoms with van der Waals surface area (Å²) in [7, 11) is 0. The molecule has 0 radical (unpaired) electrons. The van der Waals surface area contributed by atoms with Crippen LogP contribution < -0.4 is 20.9 Å². The number of piperidine rings is 2. The lowest BCUT2D eigenvalue weighted by Gasteiger charge is -2.35. The first kappa shape index (κ1) is 55.8. The number of para-hydroxylation sites is 2. The maximum absolute atomic E-state index is 13.6. The molecule has 4 aromatic carbocycles. The molecule has 0 saturated carbocycles. The van der Waals surface area contributed by atoms with Gasteiger partial charge in [-0.3, -0.25) is 24.0 Å². The normalized spacial score (nSPS) is 14.5. The van der Waals surface area contributed by atoms with E-state index in [4.69, 9.17) is 15.2 Å². The monoisotopic (exact) mass is 998 g/mol. The van der Waals surface area contributed by atoms with E-state index in [9.17, 15) is 46.7 Å². The molecule has 386 valence electrons. The van der Waals surface area contributed by atoms with Crippen molar-refractivity contribution in [2.75, 3.05) is 49.1 Å². The van der Waals surface area contributed by atoms with Crippen LogP contribution in [0.4, 0.5) is 34.1 Å². The standard InChI is InChI=1S/C28H32F3N3O5.C26H33N3O4/c1-27(2,3)39-26(38)33-15-13-21(14-16-33)24(36)34(22-7-5-4-6-8-22)18-19-9-11-20(12-10-19)23(35)17-32-25(37)28(29,30)31;1-26(2,3)33-25(32)28-15-13-21(14-16-28)24(31)29(22-7-5-4-6-8-22)18-19-9-11-20(12-10-19)23(30)17-27/h4-12,21H,13-18H2,1-3H3,(H,32,37);4-12,21H,13-18,27H2,1-3H3. The first-order valence-electron chi connectivity index (χ1n) is 23.9. The number of alkyl halides is 3. The van der Waals surface area contributed by atoms with Crippen molar-refractivity contribution in [1.82, 2.24) is 15.1 Å². The first-order chi connectivity index (χ1) is 33.9. The smallest absolute Gasteiger partial charge is 0.444 e. The number of ether oxygens (including phenoxy) is 2. The third-order valence-corrected chi connectivity index (χ3v) is 11.7. The van der Waals surface area contributed by atoms with Crippen LogP contribution in [-0.2, 0) is 36.9 Å². The molecule has 2 fully saturated rings. The Bertz CT molecular complexity index is 2480. The molecule has 72 heavy (non-hydrogen) atoms. The number of rotatable bonds is 13. The van der Waals surface area contributed by atoms with Crippen molar-refractivity contribution in [2.24, 2.45) is 17.6 Å². The zero-order valence-corrected chi connectivity index (χ0v) is 41.7. The highest BCUT2D eigenvalue weighted by Crippen LogP contribution is 2.29. The minimum Gasteiger partial charge on any atom is -0.444 e. The van der Waals surface area contributed by atoms with E-state index in [1.54, 1.807) is 70.0 Å². The summed E-state index contributed by atoms with van der Waals surface area (Å²) in [4.78, 5) is 93.6. The van der Waals surface area contributed by atoms with Crippen LogP contribution in [0.2, 0.25) is 0 Å². The third kappa shape index (κ3) is 16.8. The van der Waals surface area contributed by atoms with Crippen LogP contribution in [0.5, 0.6) is 0 Å². The Labute approximate surface area is 418 Å². The molecular weight excluding hydrogens is 934 g/mol. The molecule has 0 bridgehead atoms. The largest absolute Gasteiger partial charge is 0.471 e. The molecule has 0 unspecified atom stereocenters. The van der Waals surface area contributed by atoms with Crippen LogP contribution in [-0.4, -0.2) is 108 Å². The molecule has 0 spiro atoms. The average Bonchev–Trinajstić information content (AvgIpc) is 3.35. The summed E-state index contributed by atoms with van der Waals surface area (Å²) >= 11 is 0. The van der Waals surface area contributed by atoms with E-state index in [0.717, 1.165) is 11.3 Å². The maximum Gasteiger partial charge on any atom is 0.471 e. The quantitative estimate of drug-likeness (QED) is 0.123. The summed E-state index contributed by atoms with van der Waals surface area (Å²) in [5.74, 6) is -3.52. The van der Waals surface area contributed by atoms with Gasteiger partial charge in [0.25, 0.3) is 0 Å². The van der Waals surface area contributed by atoms with Gasteiger partial charge in [-0.15, -0.1) is 0 Å². The number of hydrogen-bond donors (Lipinski definition) is 2. The van der Waals surface area contributed by atoms with Crippen LogP contribution in [0.1, 0.15) is 99.1 Å². The molecule has 0 aromatic heterocycles. The molecule has 3 N–H and O–H groups in total. The fraction of sp³-hybridized carbons (Fsp3) is 0.426. The number of hydrogen-bond acceptors (Lipinski definition) is 10. The number of amides is 5. The van der Waals surface area contributed by atoms with Crippen molar-refractivity contribution >= 4 is 52.8 Å². The Balaban J connectivity index is 0.000000271. The zero-order chi connectivity index (χ0) is 52.8. The molecule has 2 heterocycles. The van der Waals surface area contributed by atoms with Crippen molar-refractivity contribution in [2.45, 2.75) is 97.7 Å². The van der Waals surface area contributed by atoms with E-state index in [-0.39, 0.29) is 54.2 Å². The number of carbonyl (C=O) groups excluding carboxylic acids is 7. The number of carbonyl (C=O) groups is 7. The molecule has 2 saturated heterocycles. The van der Waals surface area contributed by atoms with E-state index in [1.165, 1.54) is 12.1 Å². The number of ketones is 2. The van der Waals surface area contributed by atoms with E-state index in [1.807, 2.05) is 93.6 Å². The lowest BCUT2D eigenvalue weighted by atomic mass is 9.95. The summed E-state index contributed by atoms with van der Waals surface area (Å²) < 4.78 is 48.0. The second-order valence-electron chi connectivity index (χ2n) is 19.6. The number of anilines is 2. The highest BCUT2D eigenvalue weighted by molar-refractivity contribution is 6.00.